The molecule has 26 heavy (non-hydrogen) atoms. The highest BCUT2D eigenvalue weighted by Crippen LogP contribution is 2.24. The maximum atomic E-state index is 4.11. The third kappa shape index (κ3) is 3.51. The fraction of sp³-hybridized carbons (Fsp3) is 0.318. The molecule has 1 aromatic heterocycles. The van der Waals surface area contributed by atoms with Crippen LogP contribution in [-0.2, 0) is 6.54 Å². The van der Waals surface area contributed by atoms with Crippen molar-refractivity contribution < 1.29 is 0 Å². The molecule has 0 amide bonds. The van der Waals surface area contributed by atoms with Crippen LogP contribution >= 0.6 is 0 Å². The average molecular weight is 346 g/mol. The second kappa shape index (κ2) is 7.34. The van der Waals surface area contributed by atoms with Crippen LogP contribution in [0.4, 0.5) is 5.69 Å². The highest BCUT2D eigenvalue weighted by molar-refractivity contribution is 5.56. The topological polar surface area (TPSA) is 24.3 Å². The van der Waals surface area contributed by atoms with Gasteiger partial charge in [-0.2, -0.15) is 0 Å². The van der Waals surface area contributed by atoms with E-state index in [0.717, 1.165) is 38.4 Å². The quantitative estimate of drug-likeness (QED) is 0.718. The van der Waals surface area contributed by atoms with Gasteiger partial charge in [0, 0.05) is 56.5 Å². The number of aromatic nitrogens is 2. The first-order valence-corrected chi connectivity index (χ1v) is 9.31. The van der Waals surface area contributed by atoms with Gasteiger partial charge in [0.05, 0.1) is 6.33 Å². The summed E-state index contributed by atoms with van der Waals surface area (Å²) in [6.45, 7) is 9.86. The summed E-state index contributed by atoms with van der Waals surface area (Å²) in [6, 6.07) is 15.4. The molecule has 1 aliphatic rings. The van der Waals surface area contributed by atoms with Crippen LogP contribution in [0.5, 0.6) is 0 Å². The van der Waals surface area contributed by atoms with E-state index in [1.807, 2.05) is 23.3 Å². The largest absolute Gasteiger partial charge is 0.369 e. The van der Waals surface area contributed by atoms with E-state index in [4.69, 9.17) is 0 Å². The minimum Gasteiger partial charge on any atom is -0.369 e. The van der Waals surface area contributed by atoms with E-state index in [0.29, 0.717) is 0 Å². The predicted molar refractivity (Wildman–Crippen MR) is 107 cm³/mol. The fourth-order valence-electron chi connectivity index (χ4n) is 3.67. The summed E-state index contributed by atoms with van der Waals surface area (Å²) in [5.41, 5.74) is 6.72. The lowest BCUT2D eigenvalue weighted by Crippen LogP contribution is -2.46. The maximum Gasteiger partial charge on any atom is 0.0991 e. The SMILES string of the molecule is Cc1cccc(N2CCN(Cc3ccc(-n4ccnc4)cc3)CC2)c1C. The standard InChI is InChI=1S/C22H26N4/c1-18-4-3-5-22(19(18)2)25-14-12-24(13-15-25)16-20-6-8-21(9-7-20)26-11-10-23-17-26/h3-11,17H,12-16H2,1-2H3. The molecule has 4 nitrogen and oxygen atoms in total. The average Bonchev–Trinajstić information content (AvgIpc) is 3.20. The van der Waals surface area contributed by atoms with E-state index >= 15 is 0 Å². The van der Waals surface area contributed by atoms with E-state index in [9.17, 15) is 0 Å². The number of imidazole rings is 1. The van der Waals surface area contributed by atoms with Gasteiger partial charge in [0.2, 0.25) is 0 Å². The van der Waals surface area contributed by atoms with Gasteiger partial charge in [-0.1, -0.05) is 24.3 Å². The van der Waals surface area contributed by atoms with Crippen LogP contribution in [0.1, 0.15) is 16.7 Å². The normalized spacial score (nSPS) is 15.4. The van der Waals surface area contributed by atoms with Gasteiger partial charge in [-0.3, -0.25) is 4.90 Å². The molecule has 3 aromatic rings. The zero-order valence-corrected chi connectivity index (χ0v) is 15.6. The van der Waals surface area contributed by atoms with Crippen molar-refractivity contribution in [3.8, 4) is 5.69 Å². The van der Waals surface area contributed by atoms with Crippen molar-refractivity contribution >= 4 is 5.69 Å². The minimum atomic E-state index is 1.02. The highest BCUT2D eigenvalue weighted by Gasteiger charge is 2.18. The van der Waals surface area contributed by atoms with E-state index in [-0.39, 0.29) is 0 Å². The third-order valence-corrected chi connectivity index (χ3v) is 5.43. The Hall–Kier alpha value is -2.59. The van der Waals surface area contributed by atoms with Crippen molar-refractivity contribution in [2.45, 2.75) is 20.4 Å². The highest BCUT2D eigenvalue weighted by atomic mass is 15.3. The van der Waals surface area contributed by atoms with Crippen molar-refractivity contribution in [3.63, 3.8) is 0 Å². The molecular formula is C22H26N4. The van der Waals surface area contributed by atoms with E-state index in [2.05, 4.69) is 71.1 Å². The Balaban J connectivity index is 1.36. The molecule has 1 aliphatic heterocycles. The number of anilines is 1. The Morgan fingerprint density at radius 2 is 1.69 bits per heavy atom. The lowest BCUT2D eigenvalue weighted by atomic mass is 10.1. The van der Waals surface area contributed by atoms with Crippen LogP contribution in [0.2, 0.25) is 0 Å². The molecule has 2 aromatic carbocycles. The number of hydrogen-bond donors (Lipinski definition) is 0. The fourth-order valence-corrected chi connectivity index (χ4v) is 3.67. The second-order valence-corrected chi connectivity index (χ2v) is 7.12. The van der Waals surface area contributed by atoms with Crippen LogP contribution in [0.3, 0.4) is 0 Å². The van der Waals surface area contributed by atoms with Crippen molar-refractivity contribution in [2.24, 2.45) is 0 Å². The van der Waals surface area contributed by atoms with Gasteiger partial charge in [0.1, 0.15) is 0 Å². The number of hydrogen-bond acceptors (Lipinski definition) is 3. The Bertz CT molecular complexity index is 844. The van der Waals surface area contributed by atoms with Crippen LogP contribution in [0.15, 0.2) is 61.2 Å². The molecule has 0 atom stereocenters. The van der Waals surface area contributed by atoms with Gasteiger partial charge in [-0.15, -0.1) is 0 Å². The van der Waals surface area contributed by atoms with Crippen LogP contribution in [0.25, 0.3) is 5.69 Å². The first kappa shape index (κ1) is 16.9. The van der Waals surface area contributed by atoms with Crippen LogP contribution < -0.4 is 4.90 Å². The maximum absolute atomic E-state index is 4.11. The van der Waals surface area contributed by atoms with Gasteiger partial charge in [-0.25, -0.2) is 4.98 Å². The number of piperazine rings is 1. The molecule has 0 spiro atoms. The molecule has 0 aliphatic carbocycles. The number of rotatable bonds is 4. The first-order chi connectivity index (χ1) is 12.7. The predicted octanol–water partition coefficient (Wildman–Crippen LogP) is 3.81. The summed E-state index contributed by atoms with van der Waals surface area (Å²) in [7, 11) is 0. The second-order valence-electron chi connectivity index (χ2n) is 7.12. The van der Waals surface area contributed by atoms with Crippen molar-refractivity contribution in [1.29, 1.82) is 0 Å². The monoisotopic (exact) mass is 346 g/mol. The van der Waals surface area contributed by atoms with Crippen LogP contribution in [-0.4, -0.2) is 40.6 Å². The zero-order chi connectivity index (χ0) is 17.9. The molecule has 134 valence electrons. The molecule has 0 saturated carbocycles. The van der Waals surface area contributed by atoms with Crippen molar-refractivity contribution in [1.82, 2.24) is 14.5 Å². The van der Waals surface area contributed by atoms with Crippen molar-refractivity contribution in [3.05, 3.63) is 77.9 Å². The molecule has 0 radical (unpaired) electrons. The third-order valence-electron chi connectivity index (χ3n) is 5.43. The van der Waals surface area contributed by atoms with E-state index in [1.54, 1.807) is 0 Å². The Labute approximate surface area is 155 Å². The molecule has 0 N–H and O–H groups in total. The summed E-state index contributed by atoms with van der Waals surface area (Å²) in [4.78, 5) is 9.19. The minimum absolute atomic E-state index is 1.02. The molecule has 0 bridgehead atoms. The molecule has 1 saturated heterocycles. The number of benzene rings is 2. The lowest BCUT2D eigenvalue weighted by molar-refractivity contribution is 0.250. The summed E-state index contributed by atoms with van der Waals surface area (Å²) in [5.74, 6) is 0. The zero-order valence-electron chi connectivity index (χ0n) is 15.6. The van der Waals surface area contributed by atoms with Gasteiger partial charge >= 0.3 is 0 Å². The Morgan fingerprint density at radius 1 is 0.923 bits per heavy atom. The van der Waals surface area contributed by atoms with Gasteiger partial charge in [0.25, 0.3) is 0 Å². The summed E-state index contributed by atoms with van der Waals surface area (Å²) >= 11 is 0. The Morgan fingerprint density at radius 3 is 2.38 bits per heavy atom. The molecule has 2 heterocycles. The van der Waals surface area contributed by atoms with Crippen LogP contribution in [0, 0.1) is 13.8 Å². The molecule has 4 heteroatoms. The number of aryl methyl sites for hydroxylation is 1. The molecule has 4 rings (SSSR count). The lowest BCUT2D eigenvalue weighted by Gasteiger charge is -2.37. The van der Waals surface area contributed by atoms with Gasteiger partial charge < -0.3 is 9.47 Å². The molecule has 0 unspecified atom stereocenters. The van der Waals surface area contributed by atoms with Gasteiger partial charge in [0.15, 0.2) is 0 Å². The van der Waals surface area contributed by atoms with Gasteiger partial charge in [-0.05, 0) is 48.7 Å². The van der Waals surface area contributed by atoms with E-state index in [1.165, 1.54) is 22.4 Å². The molecule has 1 fully saturated rings. The van der Waals surface area contributed by atoms with E-state index < -0.39 is 0 Å². The summed E-state index contributed by atoms with van der Waals surface area (Å²) < 4.78 is 2.03. The smallest absolute Gasteiger partial charge is 0.0991 e. The van der Waals surface area contributed by atoms with Crippen molar-refractivity contribution in [2.75, 3.05) is 31.1 Å². The Kier molecular flexibility index (Phi) is 4.76. The first-order valence-electron chi connectivity index (χ1n) is 9.31. The molecular weight excluding hydrogens is 320 g/mol. The number of nitrogens with zero attached hydrogens (tertiary/aromatic N) is 4. The summed E-state index contributed by atoms with van der Waals surface area (Å²) in [6.07, 6.45) is 5.62. The summed E-state index contributed by atoms with van der Waals surface area (Å²) in [5, 5.41) is 0.